The van der Waals surface area contributed by atoms with Gasteiger partial charge in [0.25, 0.3) is 0 Å². The van der Waals surface area contributed by atoms with Gasteiger partial charge in [-0.25, -0.2) is 8.78 Å². The van der Waals surface area contributed by atoms with Crippen molar-refractivity contribution in [1.82, 2.24) is 0 Å². The Hall–Kier alpha value is -1.39. The average molecular weight is 483 g/mol. The van der Waals surface area contributed by atoms with Gasteiger partial charge in [-0.1, -0.05) is 18.2 Å². The minimum Gasteiger partial charge on any atom is -0.212 e. The molecule has 5 heteroatoms. The van der Waals surface area contributed by atoms with Gasteiger partial charge >= 0.3 is 6.18 Å². The van der Waals surface area contributed by atoms with Gasteiger partial charge in [-0.3, -0.25) is 0 Å². The van der Waals surface area contributed by atoms with Crippen molar-refractivity contribution >= 4 is 0 Å². The molecule has 4 aliphatic carbocycles. The highest BCUT2D eigenvalue weighted by Gasteiger charge is 2.36. The van der Waals surface area contributed by atoms with E-state index in [1.807, 2.05) is 0 Å². The maximum atomic E-state index is 15.2. The molecule has 0 aromatic heterocycles. The van der Waals surface area contributed by atoms with Crippen molar-refractivity contribution in [2.24, 2.45) is 41.4 Å². The van der Waals surface area contributed by atoms with Gasteiger partial charge in [0.2, 0.25) is 0 Å². The van der Waals surface area contributed by atoms with Crippen LogP contribution in [-0.4, -0.2) is 6.18 Å². The number of halogens is 5. The lowest BCUT2D eigenvalue weighted by atomic mass is 9.67. The zero-order valence-electron chi connectivity index (χ0n) is 20.1. The van der Waals surface area contributed by atoms with Gasteiger partial charge in [0, 0.05) is 12.3 Å². The van der Waals surface area contributed by atoms with Crippen LogP contribution in [0.25, 0.3) is 0 Å². The highest BCUT2D eigenvalue weighted by molar-refractivity contribution is 5.30. The van der Waals surface area contributed by atoms with E-state index in [-0.39, 0.29) is 17.8 Å². The fourth-order valence-corrected chi connectivity index (χ4v) is 7.24. The van der Waals surface area contributed by atoms with E-state index < -0.39 is 17.9 Å². The van der Waals surface area contributed by atoms with Crippen molar-refractivity contribution in [1.29, 1.82) is 0 Å². The summed E-state index contributed by atoms with van der Waals surface area (Å²) in [6.07, 6.45) is 13.5. The van der Waals surface area contributed by atoms with Crippen LogP contribution in [0.4, 0.5) is 22.0 Å². The van der Waals surface area contributed by atoms with Gasteiger partial charge in [0.15, 0.2) is 0 Å². The Morgan fingerprint density at radius 1 is 0.824 bits per heavy atom. The second-order valence-electron chi connectivity index (χ2n) is 11.3. The molecule has 3 saturated carbocycles. The highest BCUT2D eigenvalue weighted by atomic mass is 19.4. The summed E-state index contributed by atoms with van der Waals surface area (Å²) < 4.78 is 66.4. The smallest absolute Gasteiger partial charge is 0.212 e. The van der Waals surface area contributed by atoms with E-state index in [1.165, 1.54) is 12.8 Å². The Labute approximate surface area is 201 Å². The second-order valence-corrected chi connectivity index (χ2v) is 11.3. The predicted octanol–water partition coefficient (Wildman–Crippen LogP) is 9.81. The van der Waals surface area contributed by atoms with Crippen LogP contribution in [0.1, 0.15) is 83.5 Å². The molecule has 1 atom stereocenters. The van der Waals surface area contributed by atoms with Crippen molar-refractivity contribution in [3.05, 3.63) is 48.1 Å². The quantitative estimate of drug-likeness (QED) is 0.270. The number of alkyl halides is 3. The third kappa shape index (κ3) is 6.43. The Kier molecular flexibility index (Phi) is 8.40. The molecule has 0 heterocycles. The van der Waals surface area contributed by atoms with Crippen LogP contribution < -0.4 is 0 Å². The molecule has 1 unspecified atom stereocenters. The first-order valence-electron chi connectivity index (χ1n) is 13.4. The van der Waals surface area contributed by atoms with Crippen molar-refractivity contribution in [3.63, 3.8) is 0 Å². The van der Waals surface area contributed by atoms with Gasteiger partial charge in [0.05, 0.1) is 6.08 Å². The molecule has 0 aliphatic heterocycles. The Bertz CT molecular complexity index is 780. The van der Waals surface area contributed by atoms with Crippen molar-refractivity contribution in [3.8, 4) is 0 Å². The minimum absolute atomic E-state index is 0.0919. The van der Waals surface area contributed by atoms with Gasteiger partial charge in [-0.05, 0) is 118 Å². The number of allylic oxidation sites excluding steroid dienone is 7. The zero-order valence-corrected chi connectivity index (χ0v) is 20.1. The molecule has 0 bridgehead atoms. The van der Waals surface area contributed by atoms with E-state index in [0.717, 1.165) is 56.9 Å². The molecule has 0 nitrogen and oxygen atoms in total. The fourth-order valence-electron chi connectivity index (χ4n) is 7.24. The SMILES string of the molecule is C=CC1CCC(C2C=CC(C3CCC(C4CCC(/C(F)=C/C(F)(F)F)CC4)CC3)=C(F)C2)CC1. The van der Waals surface area contributed by atoms with Gasteiger partial charge in [0.1, 0.15) is 11.7 Å². The standard InChI is InChI=1S/C29H39F5/c1-2-19-3-5-22(6-4-19)25-15-16-26(27(30)17-25)23-11-7-20(8-12-23)21-9-13-24(14-10-21)28(31)18-29(32,33)34/h2,15-16,18-25H,1,3-14,17H2/b28-18-. The average Bonchev–Trinajstić information content (AvgIpc) is 2.83. The molecule has 4 rings (SSSR count). The molecular formula is C29H39F5. The fraction of sp³-hybridized carbons (Fsp3) is 0.724. The maximum Gasteiger partial charge on any atom is 0.412 e. The summed E-state index contributed by atoms with van der Waals surface area (Å²) in [7, 11) is 0. The molecule has 0 spiro atoms. The van der Waals surface area contributed by atoms with Crippen LogP contribution in [0, 0.1) is 41.4 Å². The number of rotatable bonds is 5. The summed E-state index contributed by atoms with van der Waals surface area (Å²) in [6.45, 7) is 3.92. The lowest BCUT2D eigenvalue weighted by Gasteiger charge is -2.39. The summed E-state index contributed by atoms with van der Waals surface area (Å²) in [6, 6.07) is 0. The lowest BCUT2D eigenvalue weighted by Crippen LogP contribution is -2.27. The Morgan fingerprint density at radius 3 is 1.91 bits per heavy atom. The summed E-state index contributed by atoms with van der Waals surface area (Å²) >= 11 is 0. The van der Waals surface area contributed by atoms with Crippen LogP contribution in [-0.2, 0) is 0 Å². The predicted molar refractivity (Wildman–Crippen MR) is 127 cm³/mol. The molecule has 0 saturated heterocycles. The van der Waals surface area contributed by atoms with Gasteiger partial charge in [-0.15, -0.1) is 6.58 Å². The van der Waals surface area contributed by atoms with E-state index in [1.54, 1.807) is 0 Å². The largest absolute Gasteiger partial charge is 0.412 e. The van der Waals surface area contributed by atoms with Gasteiger partial charge < -0.3 is 0 Å². The molecule has 0 radical (unpaired) electrons. The number of hydrogen-bond acceptors (Lipinski definition) is 0. The number of hydrogen-bond donors (Lipinski definition) is 0. The second kappa shape index (κ2) is 11.1. The third-order valence-electron chi connectivity index (χ3n) is 9.35. The molecule has 0 N–H and O–H groups in total. The summed E-state index contributed by atoms with van der Waals surface area (Å²) in [4.78, 5) is 0. The highest BCUT2D eigenvalue weighted by Crippen LogP contribution is 2.47. The van der Waals surface area contributed by atoms with Crippen LogP contribution in [0.5, 0.6) is 0 Å². The monoisotopic (exact) mass is 482 g/mol. The summed E-state index contributed by atoms with van der Waals surface area (Å²) in [5, 5.41) is 0. The van der Waals surface area contributed by atoms with E-state index >= 15 is 4.39 Å². The Balaban J connectivity index is 1.23. The van der Waals surface area contributed by atoms with E-state index in [9.17, 15) is 17.6 Å². The van der Waals surface area contributed by atoms with E-state index in [4.69, 9.17) is 0 Å². The maximum absolute atomic E-state index is 15.2. The molecule has 0 amide bonds. The summed E-state index contributed by atoms with van der Waals surface area (Å²) in [5.41, 5.74) is 0.914. The zero-order chi connectivity index (χ0) is 24.3. The molecule has 4 aliphatic rings. The van der Waals surface area contributed by atoms with Crippen LogP contribution >= 0.6 is 0 Å². The molecule has 190 valence electrons. The molecular weight excluding hydrogens is 443 g/mol. The Morgan fingerprint density at radius 2 is 1.38 bits per heavy atom. The van der Waals surface area contributed by atoms with Crippen molar-refractivity contribution in [2.45, 2.75) is 89.6 Å². The van der Waals surface area contributed by atoms with Crippen molar-refractivity contribution < 1.29 is 22.0 Å². The summed E-state index contributed by atoms with van der Waals surface area (Å²) in [5.74, 6) is 1.33. The first-order valence-corrected chi connectivity index (χ1v) is 13.4. The van der Waals surface area contributed by atoms with Crippen LogP contribution in [0.2, 0.25) is 0 Å². The third-order valence-corrected chi connectivity index (χ3v) is 9.35. The van der Waals surface area contributed by atoms with Gasteiger partial charge in [-0.2, -0.15) is 13.2 Å². The van der Waals surface area contributed by atoms with Crippen LogP contribution in [0.15, 0.2) is 48.1 Å². The lowest BCUT2D eigenvalue weighted by molar-refractivity contribution is -0.0821. The topological polar surface area (TPSA) is 0 Å². The van der Waals surface area contributed by atoms with Crippen molar-refractivity contribution in [2.75, 3.05) is 0 Å². The minimum atomic E-state index is -4.58. The van der Waals surface area contributed by atoms with E-state index in [0.29, 0.717) is 48.9 Å². The first kappa shape index (κ1) is 25.7. The molecule has 3 fully saturated rings. The van der Waals surface area contributed by atoms with E-state index in [2.05, 4.69) is 24.8 Å². The molecule has 34 heavy (non-hydrogen) atoms. The normalized spacial score (nSPS) is 38.1. The first-order chi connectivity index (χ1) is 16.2. The van der Waals surface area contributed by atoms with Crippen LogP contribution in [0.3, 0.4) is 0 Å². The molecule has 0 aromatic carbocycles. The molecule has 0 aromatic rings.